The molecule has 0 atom stereocenters. The van der Waals surface area contributed by atoms with Crippen LogP contribution in [-0.2, 0) is 4.43 Å². The summed E-state index contributed by atoms with van der Waals surface area (Å²) in [6.45, 7) is 12.4. The summed E-state index contributed by atoms with van der Waals surface area (Å²) in [6, 6.07) is 33.4. The maximum absolute atomic E-state index is 6.40. The van der Waals surface area contributed by atoms with E-state index >= 15 is 0 Å². The smallest absolute Gasteiger partial charge is 0.183 e. The molecule has 0 amide bonds. The average molecular weight is 549 g/mol. The molecular weight excluding hydrogens is 514 g/mol. The van der Waals surface area contributed by atoms with Crippen molar-refractivity contribution >= 4 is 31.5 Å². The summed E-state index contributed by atoms with van der Waals surface area (Å²) in [7, 11) is -3.39. The lowest BCUT2D eigenvalue weighted by Gasteiger charge is -2.36. The van der Waals surface area contributed by atoms with E-state index in [2.05, 4.69) is 124 Å². The molecule has 0 aliphatic rings. The van der Waals surface area contributed by atoms with Crippen LogP contribution in [0.2, 0.25) is 19.6 Å². The fraction of sp³-hybridized carbons (Fsp3) is 0.308. The Kier molecular flexibility index (Phi) is 8.88. The van der Waals surface area contributed by atoms with Crippen LogP contribution in [0.15, 0.2) is 91.0 Å². The van der Waals surface area contributed by atoms with E-state index in [1.807, 2.05) is 0 Å². The summed E-state index contributed by atoms with van der Waals surface area (Å²) in [5.41, 5.74) is 0.0651. The van der Waals surface area contributed by atoms with Gasteiger partial charge in [-0.2, -0.15) is 0 Å². The Balaban J connectivity index is 0.00000320. The van der Waals surface area contributed by atoms with E-state index in [0.29, 0.717) is 0 Å². The summed E-state index contributed by atoms with van der Waals surface area (Å²) < 4.78 is 6.40. The van der Waals surface area contributed by atoms with Crippen LogP contribution < -0.4 is 39.9 Å². The van der Waals surface area contributed by atoms with E-state index in [-0.39, 0.29) is 29.4 Å². The van der Waals surface area contributed by atoms with Gasteiger partial charge in [-0.25, -0.2) is 0 Å². The molecule has 0 aliphatic carbocycles. The predicted octanol–water partition coefficient (Wildman–Crippen LogP) is 2.86. The van der Waals surface area contributed by atoms with E-state index in [1.54, 1.807) is 0 Å². The minimum Gasteiger partial charge on any atom is -1.00 e. The van der Waals surface area contributed by atoms with E-state index < -0.39 is 15.6 Å². The minimum absolute atomic E-state index is 0. The van der Waals surface area contributed by atoms with Crippen molar-refractivity contribution in [2.75, 3.05) is 12.8 Å². The molecule has 3 rings (SSSR count). The Bertz CT molecular complexity index is 796. The van der Waals surface area contributed by atoms with Crippen LogP contribution >= 0.6 is 7.26 Å². The molecule has 0 heterocycles. The van der Waals surface area contributed by atoms with Crippen molar-refractivity contribution in [1.82, 2.24) is 0 Å². The first-order chi connectivity index (χ1) is 13.7. The molecule has 3 aromatic carbocycles. The Morgan fingerprint density at radius 2 is 1.00 bits per heavy atom. The molecule has 0 fully saturated rings. The quantitative estimate of drug-likeness (QED) is 0.239. The Labute approximate surface area is 201 Å². The second kappa shape index (κ2) is 10.5. The topological polar surface area (TPSA) is 9.23 Å². The van der Waals surface area contributed by atoms with Crippen molar-refractivity contribution in [3.8, 4) is 0 Å². The second-order valence-corrected chi connectivity index (χ2v) is 17.5. The van der Waals surface area contributed by atoms with Crippen LogP contribution in [0.4, 0.5) is 0 Å². The highest BCUT2D eigenvalue weighted by Crippen LogP contribution is 2.58. The van der Waals surface area contributed by atoms with Crippen LogP contribution in [0.25, 0.3) is 0 Å². The molecule has 0 saturated carbocycles. The first-order valence-electron chi connectivity index (χ1n) is 10.4. The molecule has 0 aliphatic heterocycles. The van der Waals surface area contributed by atoms with Gasteiger partial charge in [0.15, 0.2) is 8.32 Å². The fourth-order valence-electron chi connectivity index (χ4n) is 3.87. The zero-order valence-corrected chi connectivity index (χ0v) is 22.9. The highest BCUT2D eigenvalue weighted by atomic mass is 127. The molecule has 0 radical (unpaired) electrons. The molecular formula is C26H34IOPSi. The molecule has 0 unspecified atom stereocenters. The largest absolute Gasteiger partial charge is 1.00 e. The van der Waals surface area contributed by atoms with Gasteiger partial charge in [0.2, 0.25) is 0 Å². The van der Waals surface area contributed by atoms with Gasteiger partial charge in [0.05, 0.1) is 6.16 Å². The van der Waals surface area contributed by atoms with Crippen molar-refractivity contribution < 1.29 is 28.4 Å². The van der Waals surface area contributed by atoms with Crippen molar-refractivity contribution in [2.24, 2.45) is 5.41 Å². The zero-order chi connectivity index (χ0) is 21.0. The lowest BCUT2D eigenvalue weighted by molar-refractivity contribution is -0.00000701. The van der Waals surface area contributed by atoms with Gasteiger partial charge < -0.3 is 28.4 Å². The first-order valence-corrected chi connectivity index (χ1v) is 15.8. The molecule has 3 aromatic rings. The maximum atomic E-state index is 6.40. The van der Waals surface area contributed by atoms with Gasteiger partial charge in [0.25, 0.3) is 0 Å². The number of rotatable bonds is 8. The van der Waals surface area contributed by atoms with Crippen molar-refractivity contribution in [2.45, 2.75) is 33.5 Å². The van der Waals surface area contributed by atoms with Crippen LogP contribution in [0.5, 0.6) is 0 Å². The first kappa shape index (κ1) is 25.3. The summed E-state index contributed by atoms with van der Waals surface area (Å²) >= 11 is 0. The van der Waals surface area contributed by atoms with Crippen molar-refractivity contribution in [1.29, 1.82) is 0 Å². The van der Waals surface area contributed by atoms with Crippen molar-refractivity contribution in [3.05, 3.63) is 91.0 Å². The van der Waals surface area contributed by atoms with Gasteiger partial charge in [0, 0.05) is 12.0 Å². The van der Waals surface area contributed by atoms with Crippen LogP contribution in [0, 0.1) is 5.41 Å². The molecule has 0 saturated heterocycles. The SMILES string of the molecule is CC(C)(CO[Si](C)(C)C)C[P+](c1ccccc1)(c1ccccc1)c1ccccc1.[I-]. The molecule has 0 aromatic heterocycles. The number of benzene rings is 3. The third-order valence-corrected chi connectivity index (χ3v) is 11.0. The molecule has 30 heavy (non-hydrogen) atoms. The van der Waals surface area contributed by atoms with Crippen LogP contribution in [-0.4, -0.2) is 21.1 Å². The van der Waals surface area contributed by atoms with E-state index in [9.17, 15) is 0 Å². The highest BCUT2D eigenvalue weighted by Gasteiger charge is 2.49. The lowest BCUT2D eigenvalue weighted by atomic mass is 9.98. The van der Waals surface area contributed by atoms with E-state index in [1.165, 1.54) is 15.9 Å². The number of hydrogen-bond donors (Lipinski definition) is 0. The fourth-order valence-corrected chi connectivity index (χ4v) is 9.55. The summed E-state index contributed by atoms with van der Waals surface area (Å²) in [4.78, 5) is 0. The Hall–Kier alpha value is -1.00. The van der Waals surface area contributed by atoms with Gasteiger partial charge in [-0.15, -0.1) is 0 Å². The van der Waals surface area contributed by atoms with E-state index in [4.69, 9.17) is 4.43 Å². The third-order valence-electron chi connectivity index (χ3n) is 5.15. The van der Waals surface area contributed by atoms with Gasteiger partial charge in [-0.05, 0) is 56.0 Å². The maximum Gasteiger partial charge on any atom is 0.183 e. The normalized spacial score (nSPS) is 12.3. The van der Waals surface area contributed by atoms with Gasteiger partial charge in [-0.3, -0.25) is 0 Å². The predicted molar refractivity (Wildman–Crippen MR) is 133 cm³/mol. The van der Waals surface area contributed by atoms with E-state index in [0.717, 1.165) is 12.8 Å². The zero-order valence-electron chi connectivity index (χ0n) is 18.8. The minimum atomic E-state index is -1.82. The third kappa shape index (κ3) is 6.26. The highest BCUT2D eigenvalue weighted by molar-refractivity contribution is 7.95. The molecule has 0 N–H and O–H groups in total. The molecule has 160 valence electrons. The standard InChI is InChI=1S/C26H34OPSi.HI/c1-26(2,21-27-29(3,4)5)22-28(23-15-9-6-10-16-23,24-17-11-7-12-18-24)25-19-13-8-14-20-25;/h6-20H,21-22H2,1-5H3;1H/q+1;/p-1. The van der Waals surface area contributed by atoms with Gasteiger partial charge >= 0.3 is 0 Å². The summed E-state index contributed by atoms with van der Waals surface area (Å²) in [5, 5.41) is 4.33. The average Bonchev–Trinajstić information content (AvgIpc) is 2.72. The van der Waals surface area contributed by atoms with Crippen LogP contribution in [0.1, 0.15) is 13.8 Å². The summed E-state index contributed by atoms with van der Waals surface area (Å²) in [6.07, 6.45) is 1.09. The lowest BCUT2D eigenvalue weighted by Crippen LogP contribution is -3.00. The van der Waals surface area contributed by atoms with Gasteiger partial charge in [0.1, 0.15) is 23.2 Å². The van der Waals surface area contributed by atoms with Crippen LogP contribution in [0.3, 0.4) is 0 Å². The molecule has 0 spiro atoms. The molecule has 1 nitrogen and oxygen atoms in total. The van der Waals surface area contributed by atoms with Gasteiger partial charge in [-0.1, -0.05) is 68.4 Å². The molecule has 0 bridgehead atoms. The second-order valence-electron chi connectivity index (χ2n) is 9.54. The van der Waals surface area contributed by atoms with Crippen molar-refractivity contribution in [3.63, 3.8) is 0 Å². The number of hydrogen-bond acceptors (Lipinski definition) is 1. The molecule has 4 heteroatoms. The summed E-state index contributed by atoms with van der Waals surface area (Å²) in [5.74, 6) is 0. The monoisotopic (exact) mass is 548 g/mol. The Morgan fingerprint density at radius 1 is 0.667 bits per heavy atom. The number of halogens is 1. The Morgan fingerprint density at radius 3 is 1.30 bits per heavy atom.